The molecule has 0 bridgehead atoms. The van der Waals surface area contributed by atoms with E-state index in [9.17, 15) is 0 Å². The summed E-state index contributed by atoms with van der Waals surface area (Å²) in [6.07, 6.45) is 6.35. The molecule has 1 N–H and O–H groups in total. The minimum Gasteiger partial charge on any atom is -0.381 e. The van der Waals surface area contributed by atoms with Crippen molar-refractivity contribution in [3.05, 3.63) is 18.0 Å². The zero-order valence-corrected chi connectivity index (χ0v) is 10.9. The van der Waals surface area contributed by atoms with Gasteiger partial charge in [-0.25, -0.2) is 0 Å². The van der Waals surface area contributed by atoms with Crippen molar-refractivity contribution in [3.8, 4) is 0 Å². The van der Waals surface area contributed by atoms with E-state index >= 15 is 0 Å². The van der Waals surface area contributed by atoms with Crippen molar-refractivity contribution < 1.29 is 4.74 Å². The van der Waals surface area contributed by atoms with Crippen LogP contribution in [-0.2, 0) is 17.8 Å². The van der Waals surface area contributed by atoms with E-state index in [0.717, 1.165) is 39.1 Å². The third kappa shape index (κ3) is 3.54. The van der Waals surface area contributed by atoms with Gasteiger partial charge in [0.1, 0.15) is 0 Å². The largest absolute Gasteiger partial charge is 0.381 e. The van der Waals surface area contributed by atoms with Gasteiger partial charge in [-0.1, -0.05) is 13.8 Å². The van der Waals surface area contributed by atoms with Crippen LogP contribution in [0.4, 0.5) is 0 Å². The summed E-state index contributed by atoms with van der Waals surface area (Å²) in [5.41, 5.74) is 1.28. The van der Waals surface area contributed by atoms with Gasteiger partial charge >= 0.3 is 0 Å². The minimum absolute atomic E-state index is 0.582. The molecule has 17 heavy (non-hydrogen) atoms. The fraction of sp³-hybridized carbons (Fsp3) is 0.769. The maximum atomic E-state index is 5.44. The van der Waals surface area contributed by atoms with Crippen molar-refractivity contribution in [2.75, 3.05) is 13.2 Å². The highest BCUT2D eigenvalue weighted by Gasteiger charge is 2.21. The Hall–Kier alpha value is -0.870. The van der Waals surface area contributed by atoms with E-state index < -0.39 is 0 Å². The van der Waals surface area contributed by atoms with Crippen molar-refractivity contribution in [2.24, 2.45) is 5.92 Å². The summed E-state index contributed by atoms with van der Waals surface area (Å²) in [4.78, 5) is 0. The van der Waals surface area contributed by atoms with Gasteiger partial charge in [0.05, 0.1) is 12.8 Å². The Bertz CT molecular complexity index is 337. The zero-order chi connectivity index (χ0) is 12.1. The first-order valence-electron chi connectivity index (χ1n) is 6.62. The van der Waals surface area contributed by atoms with Gasteiger partial charge in [-0.05, 0) is 18.8 Å². The van der Waals surface area contributed by atoms with E-state index in [1.54, 1.807) is 0 Å². The molecular weight excluding hydrogens is 214 g/mol. The molecule has 0 aromatic carbocycles. The zero-order valence-electron chi connectivity index (χ0n) is 10.9. The van der Waals surface area contributed by atoms with E-state index in [4.69, 9.17) is 4.74 Å². The summed E-state index contributed by atoms with van der Waals surface area (Å²) < 4.78 is 7.46. The van der Waals surface area contributed by atoms with Crippen molar-refractivity contribution in [1.29, 1.82) is 0 Å². The summed E-state index contributed by atoms with van der Waals surface area (Å²) >= 11 is 0. The summed E-state index contributed by atoms with van der Waals surface area (Å²) in [5.74, 6) is 0.606. The third-order valence-corrected chi connectivity index (χ3v) is 3.35. The van der Waals surface area contributed by atoms with Gasteiger partial charge in [-0.3, -0.25) is 4.68 Å². The van der Waals surface area contributed by atoms with Crippen LogP contribution in [0.25, 0.3) is 0 Å². The normalized spacial score (nSPS) is 25.1. The van der Waals surface area contributed by atoms with Gasteiger partial charge in [0.25, 0.3) is 0 Å². The molecule has 1 aliphatic heterocycles. The first-order valence-corrected chi connectivity index (χ1v) is 6.62. The average molecular weight is 237 g/mol. The second kappa shape index (κ2) is 6.17. The number of aryl methyl sites for hydroxylation is 1. The quantitative estimate of drug-likeness (QED) is 0.849. The van der Waals surface area contributed by atoms with Gasteiger partial charge in [-0.15, -0.1) is 0 Å². The molecule has 4 nitrogen and oxygen atoms in total. The predicted molar refractivity (Wildman–Crippen MR) is 67.7 cm³/mol. The van der Waals surface area contributed by atoms with Gasteiger partial charge in [0, 0.05) is 37.5 Å². The Kier molecular flexibility index (Phi) is 4.57. The van der Waals surface area contributed by atoms with E-state index in [2.05, 4.69) is 30.5 Å². The highest BCUT2D eigenvalue weighted by atomic mass is 16.5. The smallest absolute Gasteiger partial charge is 0.0534 e. The molecule has 0 radical (unpaired) electrons. The van der Waals surface area contributed by atoms with E-state index in [1.165, 1.54) is 5.56 Å². The fourth-order valence-electron chi connectivity index (χ4n) is 2.28. The summed E-state index contributed by atoms with van der Waals surface area (Å²) in [6, 6.07) is 0.582. The number of aromatic nitrogens is 2. The monoisotopic (exact) mass is 237 g/mol. The van der Waals surface area contributed by atoms with Crippen LogP contribution in [0.3, 0.4) is 0 Å². The lowest BCUT2D eigenvalue weighted by Gasteiger charge is -2.29. The molecule has 2 rings (SSSR count). The molecule has 1 fully saturated rings. The second-order valence-corrected chi connectivity index (χ2v) is 4.94. The SMILES string of the molecule is CCCn1cc(CNC2CCOCC2C)cn1. The highest BCUT2D eigenvalue weighted by molar-refractivity contribution is 5.03. The number of nitrogens with one attached hydrogen (secondary N) is 1. The molecular formula is C13H23N3O. The molecule has 2 unspecified atom stereocenters. The van der Waals surface area contributed by atoms with Gasteiger partial charge < -0.3 is 10.1 Å². The van der Waals surface area contributed by atoms with Crippen LogP contribution in [0, 0.1) is 5.92 Å². The minimum atomic E-state index is 0.582. The molecule has 0 saturated carbocycles. The fourth-order valence-corrected chi connectivity index (χ4v) is 2.28. The molecule has 2 heterocycles. The van der Waals surface area contributed by atoms with Crippen LogP contribution in [0.1, 0.15) is 32.3 Å². The van der Waals surface area contributed by atoms with E-state index in [1.807, 2.05) is 10.9 Å². The predicted octanol–water partition coefficient (Wildman–Crippen LogP) is 1.81. The lowest BCUT2D eigenvalue weighted by atomic mass is 9.98. The number of hydrogen-bond donors (Lipinski definition) is 1. The van der Waals surface area contributed by atoms with Gasteiger partial charge in [0.15, 0.2) is 0 Å². The molecule has 1 aromatic rings. The molecule has 1 aromatic heterocycles. The van der Waals surface area contributed by atoms with Crippen molar-refractivity contribution >= 4 is 0 Å². The Morgan fingerprint density at radius 3 is 3.24 bits per heavy atom. The lowest BCUT2D eigenvalue weighted by Crippen LogP contribution is -2.40. The number of hydrogen-bond acceptors (Lipinski definition) is 3. The average Bonchev–Trinajstić information content (AvgIpc) is 2.76. The van der Waals surface area contributed by atoms with E-state index in [0.29, 0.717) is 12.0 Å². The first kappa shape index (κ1) is 12.6. The first-order chi connectivity index (χ1) is 8.29. The van der Waals surface area contributed by atoms with Crippen molar-refractivity contribution in [1.82, 2.24) is 15.1 Å². The number of ether oxygens (including phenoxy) is 1. The summed E-state index contributed by atoms with van der Waals surface area (Å²) in [5, 5.41) is 7.95. The molecule has 1 aliphatic rings. The third-order valence-electron chi connectivity index (χ3n) is 3.35. The second-order valence-electron chi connectivity index (χ2n) is 4.94. The van der Waals surface area contributed by atoms with Crippen LogP contribution in [-0.4, -0.2) is 29.0 Å². The molecule has 1 saturated heterocycles. The van der Waals surface area contributed by atoms with Gasteiger partial charge in [0.2, 0.25) is 0 Å². The van der Waals surface area contributed by atoms with Crippen molar-refractivity contribution in [2.45, 2.75) is 45.8 Å². The molecule has 4 heteroatoms. The van der Waals surface area contributed by atoms with Gasteiger partial charge in [-0.2, -0.15) is 5.10 Å². The van der Waals surface area contributed by atoms with E-state index in [-0.39, 0.29) is 0 Å². The standard InChI is InChI=1S/C13H23N3O/c1-3-5-16-9-12(8-15-16)7-14-13-4-6-17-10-11(13)2/h8-9,11,13-14H,3-7,10H2,1-2H3. The summed E-state index contributed by atoms with van der Waals surface area (Å²) in [6.45, 7) is 8.11. The van der Waals surface area contributed by atoms with Crippen LogP contribution in [0.2, 0.25) is 0 Å². The number of nitrogens with zero attached hydrogens (tertiary/aromatic N) is 2. The Balaban J connectivity index is 1.79. The number of rotatable bonds is 5. The summed E-state index contributed by atoms with van der Waals surface area (Å²) in [7, 11) is 0. The highest BCUT2D eigenvalue weighted by Crippen LogP contribution is 2.14. The Morgan fingerprint density at radius 2 is 2.47 bits per heavy atom. The van der Waals surface area contributed by atoms with Crippen LogP contribution < -0.4 is 5.32 Å². The van der Waals surface area contributed by atoms with Crippen LogP contribution in [0.15, 0.2) is 12.4 Å². The molecule has 0 spiro atoms. The topological polar surface area (TPSA) is 39.1 Å². The molecule has 0 aliphatic carbocycles. The maximum absolute atomic E-state index is 5.44. The Labute approximate surface area is 103 Å². The molecule has 96 valence electrons. The van der Waals surface area contributed by atoms with Crippen molar-refractivity contribution in [3.63, 3.8) is 0 Å². The van der Waals surface area contributed by atoms with Crippen LogP contribution in [0.5, 0.6) is 0 Å². The lowest BCUT2D eigenvalue weighted by molar-refractivity contribution is 0.0386. The maximum Gasteiger partial charge on any atom is 0.0534 e. The molecule has 0 amide bonds. The van der Waals surface area contributed by atoms with Crippen LogP contribution >= 0.6 is 0 Å². The Morgan fingerprint density at radius 1 is 1.59 bits per heavy atom. The molecule has 2 atom stereocenters.